The molecule has 0 aromatic carbocycles. The van der Waals surface area contributed by atoms with Gasteiger partial charge in [0.05, 0.1) is 0 Å². The summed E-state index contributed by atoms with van der Waals surface area (Å²) < 4.78 is 47.2. The first-order valence-corrected chi connectivity index (χ1v) is 7.87. The van der Waals surface area contributed by atoms with E-state index in [4.69, 9.17) is 13.3 Å². The Morgan fingerprint density at radius 1 is 0.818 bits per heavy atom. The molecule has 2 heteroatoms. The standard InChI is InChI=1S/C20H32O2/c1-2-3-4-5-6-7-8-9-10-11-12-13-14-15-16-17-18-19-20(21)22/h6-7,9-10,12-13,15-16H,2-5,8,11,14,17-19H2,1H3,(H,21,22)/b7-6-,10-9-,13-12-,16-15-/i8D2,11D2,14D2. The van der Waals surface area contributed by atoms with Gasteiger partial charge >= 0.3 is 5.97 Å². The number of hydrogen-bond acceptors (Lipinski definition) is 1. The van der Waals surface area contributed by atoms with E-state index in [9.17, 15) is 4.79 Å². The van der Waals surface area contributed by atoms with E-state index in [-0.39, 0.29) is 6.42 Å². The average molecular weight is 311 g/mol. The van der Waals surface area contributed by atoms with Crippen LogP contribution in [-0.2, 0) is 4.79 Å². The number of unbranched alkanes of at least 4 members (excludes halogenated alkanes) is 4. The van der Waals surface area contributed by atoms with Crippen molar-refractivity contribution in [3.05, 3.63) is 48.6 Å². The van der Waals surface area contributed by atoms with Gasteiger partial charge in [-0.05, 0) is 44.8 Å². The summed E-state index contributed by atoms with van der Waals surface area (Å²) in [6.07, 6.45) is 9.56. The molecule has 0 saturated heterocycles. The zero-order valence-corrected chi connectivity index (χ0v) is 13.4. The minimum absolute atomic E-state index is 0.0194. The Kier molecular flexibility index (Phi) is 9.48. The first-order chi connectivity index (χ1) is 12.9. The van der Waals surface area contributed by atoms with E-state index in [0.29, 0.717) is 12.8 Å². The lowest BCUT2D eigenvalue weighted by Crippen LogP contribution is -1.92. The Bertz CT molecular complexity index is 577. The highest BCUT2D eigenvalue weighted by Crippen LogP contribution is 2.01. The fourth-order valence-electron chi connectivity index (χ4n) is 1.55. The van der Waals surface area contributed by atoms with Crippen LogP contribution >= 0.6 is 0 Å². The van der Waals surface area contributed by atoms with Crippen molar-refractivity contribution in [2.45, 2.75) is 71.0 Å². The second-order valence-corrected chi connectivity index (χ2v) is 4.75. The van der Waals surface area contributed by atoms with Crippen molar-refractivity contribution >= 4 is 5.97 Å². The smallest absolute Gasteiger partial charge is 0.303 e. The SMILES string of the molecule is [2H]C([2H])(/C=C\CCCCC)/C=C\C([2H])([2H])/C=C\C([2H])([2H])/C=C\CCCC(=O)O. The van der Waals surface area contributed by atoms with Gasteiger partial charge in [0.25, 0.3) is 0 Å². The Morgan fingerprint density at radius 2 is 1.27 bits per heavy atom. The predicted molar refractivity (Wildman–Crippen MR) is 96.0 cm³/mol. The van der Waals surface area contributed by atoms with Gasteiger partial charge in [0.1, 0.15) is 0 Å². The highest BCUT2D eigenvalue weighted by atomic mass is 16.4. The molecule has 0 atom stereocenters. The van der Waals surface area contributed by atoms with Crippen LogP contribution in [0.3, 0.4) is 0 Å². The number of carboxylic acid groups (broad SMARTS) is 1. The fourth-order valence-corrected chi connectivity index (χ4v) is 1.55. The molecule has 0 heterocycles. The van der Waals surface area contributed by atoms with Crippen LogP contribution in [-0.4, -0.2) is 11.1 Å². The Morgan fingerprint density at radius 3 is 1.73 bits per heavy atom. The minimum atomic E-state index is -1.99. The van der Waals surface area contributed by atoms with Crippen molar-refractivity contribution in [3.63, 3.8) is 0 Å². The first kappa shape index (κ1) is 11.9. The van der Waals surface area contributed by atoms with Gasteiger partial charge in [-0.15, -0.1) is 0 Å². The average Bonchev–Trinajstić information content (AvgIpc) is 2.58. The van der Waals surface area contributed by atoms with Crippen LogP contribution in [0.15, 0.2) is 48.6 Å². The number of aliphatic carboxylic acids is 1. The van der Waals surface area contributed by atoms with E-state index < -0.39 is 25.1 Å². The van der Waals surface area contributed by atoms with Crippen LogP contribution in [0.25, 0.3) is 0 Å². The zero-order chi connectivity index (χ0) is 21.7. The van der Waals surface area contributed by atoms with E-state index in [1.165, 1.54) is 12.2 Å². The van der Waals surface area contributed by atoms with Gasteiger partial charge in [-0.3, -0.25) is 4.79 Å². The maximum absolute atomic E-state index is 10.4. The Balaban J connectivity index is 4.71. The monoisotopic (exact) mass is 310 g/mol. The van der Waals surface area contributed by atoms with Crippen LogP contribution in [0, 0.1) is 0 Å². The molecule has 0 aliphatic rings. The molecular formula is C20H32O2. The van der Waals surface area contributed by atoms with Gasteiger partial charge in [-0.1, -0.05) is 68.4 Å². The second kappa shape index (κ2) is 17.5. The summed E-state index contributed by atoms with van der Waals surface area (Å²) in [6.45, 7) is 2.10. The fraction of sp³-hybridized carbons (Fsp3) is 0.550. The molecule has 0 aliphatic heterocycles. The van der Waals surface area contributed by atoms with Crippen molar-refractivity contribution in [1.29, 1.82) is 0 Å². The summed E-state index contributed by atoms with van der Waals surface area (Å²) in [5.41, 5.74) is 0. The number of carbonyl (C=O) groups is 1. The van der Waals surface area contributed by atoms with Crippen molar-refractivity contribution in [1.82, 2.24) is 0 Å². The van der Waals surface area contributed by atoms with E-state index in [2.05, 4.69) is 6.92 Å². The van der Waals surface area contributed by atoms with Crippen LogP contribution in [0.1, 0.15) is 79.2 Å². The first-order valence-electron chi connectivity index (χ1n) is 10.9. The van der Waals surface area contributed by atoms with Gasteiger partial charge in [0.2, 0.25) is 0 Å². The van der Waals surface area contributed by atoms with Crippen LogP contribution in [0.4, 0.5) is 0 Å². The maximum atomic E-state index is 10.4. The highest BCUT2D eigenvalue weighted by molar-refractivity contribution is 5.66. The third kappa shape index (κ3) is 18.4. The number of rotatable bonds is 14. The molecular weight excluding hydrogens is 272 g/mol. The van der Waals surface area contributed by atoms with E-state index >= 15 is 0 Å². The van der Waals surface area contributed by atoms with E-state index in [1.807, 2.05) is 0 Å². The lowest BCUT2D eigenvalue weighted by molar-refractivity contribution is -0.137. The molecule has 0 fully saturated rings. The molecule has 1 N–H and O–H groups in total. The van der Waals surface area contributed by atoms with E-state index in [0.717, 1.165) is 50.0 Å². The molecule has 0 spiro atoms. The lowest BCUT2D eigenvalue weighted by Gasteiger charge is -1.90. The van der Waals surface area contributed by atoms with Crippen LogP contribution < -0.4 is 0 Å². The molecule has 0 rings (SSSR count). The quantitative estimate of drug-likeness (QED) is 0.305. The maximum Gasteiger partial charge on any atom is 0.303 e. The van der Waals surface area contributed by atoms with E-state index in [1.54, 1.807) is 12.2 Å². The molecule has 0 bridgehead atoms. The molecule has 0 aromatic heterocycles. The summed E-state index contributed by atoms with van der Waals surface area (Å²) in [7, 11) is 0. The molecule has 0 aromatic rings. The summed E-state index contributed by atoms with van der Waals surface area (Å²) >= 11 is 0. The van der Waals surface area contributed by atoms with Crippen molar-refractivity contribution < 1.29 is 18.1 Å². The summed E-state index contributed by atoms with van der Waals surface area (Å²) in [5.74, 6) is -0.896. The molecule has 0 amide bonds. The van der Waals surface area contributed by atoms with Crippen LogP contribution in [0.5, 0.6) is 0 Å². The molecule has 2 nitrogen and oxygen atoms in total. The highest BCUT2D eigenvalue weighted by Gasteiger charge is 1.92. The van der Waals surface area contributed by atoms with Gasteiger partial charge in [0, 0.05) is 14.6 Å². The third-order valence-electron chi connectivity index (χ3n) is 2.72. The molecule has 124 valence electrons. The lowest BCUT2D eigenvalue weighted by atomic mass is 10.2. The molecule has 0 aliphatic carbocycles. The molecule has 0 unspecified atom stereocenters. The normalized spacial score (nSPS) is 18.4. The minimum Gasteiger partial charge on any atom is -0.481 e. The van der Waals surface area contributed by atoms with Gasteiger partial charge in [-0.25, -0.2) is 0 Å². The van der Waals surface area contributed by atoms with Crippen molar-refractivity contribution in [3.8, 4) is 0 Å². The van der Waals surface area contributed by atoms with Crippen molar-refractivity contribution in [2.75, 3.05) is 0 Å². The Labute approximate surface area is 144 Å². The largest absolute Gasteiger partial charge is 0.481 e. The topological polar surface area (TPSA) is 37.3 Å². The van der Waals surface area contributed by atoms with Gasteiger partial charge in [0.15, 0.2) is 0 Å². The molecule has 0 radical (unpaired) electrons. The number of allylic oxidation sites excluding steroid dienone is 8. The number of hydrogen-bond donors (Lipinski definition) is 1. The van der Waals surface area contributed by atoms with Crippen LogP contribution in [0.2, 0.25) is 0 Å². The van der Waals surface area contributed by atoms with Crippen molar-refractivity contribution in [2.24, 2.45) is 0 Å². The molecule has 22 heavy (non-hydrogen) atoms. The summed E-state index contributed by atoms with van der Waals surface area (Å²) in [5, 5.41) is 8.55. The third-order valence-corrected chi connectivity index (χ3v) is 2.72. The predicted octanol–water partition coefficient (Wildman–Crippen LogP) is 6.22. The summed E-state index contributed by atoms with van der Waals surface area (Å²) in [6, 6.07) is 0. The second-order valence-electron chi connectivity index (χ2n) is 4.75. The van der Waals surface area contributed by atoms with Gasteiger partial charge < -0.3 is 5.11 Å². The summed E-state index contributed by atoms with van der Waals surface area (Å²) in [4.78, 5) is 10.4. The number of carboxylic acids is 1. The molecule has 0 saturated carbocycles. The Hall–Kier alpha value is -1.57. The zero-order valence-electron chi connectivity index (χ0n) is 19.4. The van der Waals surface area contributed by atoms with Gasteiger partial charge in [-0.2, -0.15) is 0 Å².